The third-order valence-electron chi connectivity index (χ3n) is 3.41. The minimum absolute atomic E-state index is 0.861. The van der Waals surface area contributed by atoms with Gasteiger partial charge in [0, 0.05) is 42.2 Å². The van der Waals surface area contributed by atoms with Crippen molar-refractivity contribution in [3.63, 3.8) is 0 Å². The van der Waals surface area contributed by atoms with E-state index >= 15 is 0 Å². The number of nitrogens with zero attached hydrogens (tertiary/aromatic N) is 2. The first-order valence-corrected chi connectivity index (χ1v) is 7.74. The molecule has 2 nitrogen and oxygen atoms in total. The molecule has 0 atom stereocenters. The molecule has 0 amide bonds. The second kappa shape index (κ2) is 6.90. The summed E-state index contributed by atoms with van der Waals surface area (Å²) in [4.78, 5) is 5.03. The van der Waals surface area contributed by atoms with Crippen LogP contribution in [0.3, 0.4) is 0 Å². The van der Waals surface area contributed by atoms with Gasteiger partial charge >= 0.3 is 0 Å². The quantitative estimate of drug-likeness (QED) is 0.831. The van der Waals surface area contributed by atoms with Gasteiger partial charge < -0.3 is 4.90 Å². The smallest absolute Gasteiger partial charge is 0.0462 e. The van der Waals surface area contributed by atoms with Gasteiger partial charge in [0.1, 0.15) is 0 Å². The van der Waals surface area contributed by atoms with E-state index in [1.807, 2.05) is 6.07 Å². The van der Waals surface area contributed by atoms with Crippen molar-refractivity contribution in [1.29, 1.82) is 0 Å². The molecular weight excluding hydrogens is 312 g/mol. The Kier molecular flexibility index (Phi) is 5.49. The summed E-state index contributed by atoms with van der Waals surface area (Å²) in [5, 5.41) is 0.861. The first-order valence-electron chi connectivity index (χ1n) is 6.57. The average molecular weight is 332 g/mol. The van der Waals surface area contributed by atoms with Gasteiger partial charge in [-0.2, -0.15) is 0 Å². The SMILES string of the molecule is CCCN1CCN(Cc2ccc(Br)cc2Cl)CC1. The summed E-state index contributed by atoms with van der Waals surface area (Å²) in [6.45, 7) is 9.09. The molecule has 18 heavy (non-hydrogen) atoms. The van der Waals surface area contributed by atoms with Crippen LogP contribution >= 0.6 is 27.5 Å². The third-order valence-corrected chi connectivity index (χ3v) is 4.26. The van der Waals surface area contributed by atoms with Crippen LogP contribution in [0.4, 0.5) is 0 Å². The molecule has 0 spiro atoms. The average Bonchev–Trinajstić information content (AvgIpc) is 2.35. The van der Waals surface area contributed by atoms with E-state index < -0.39 is 0 Å². The summed E-state index contributed by atoms with van der Waals surface area (Å²) >= 11 is 9.70. The fourth-order valence-electron chi connectivity index (χ4n) is 2.38. The van der Waals surface area contributed by atoms with E-state index in [0.717, 1.165) is 29.1 Å². The molecule has 1 aliphatic heterocycles. The highest BCUT2D eigenvalue weighted by Gasteiger charge is 2.16. The molecule has 0 aliphatic carbocycles. The minimum atomic E-state index is 0.861. The fourth-order valence-corrected chi connectivity index (χ4v) is 3.11. The Hall–Kier alpha value is -0.0900. The lowest BCUT2D eigenvalue weighted by Crippen LogP contribution is -2.46. The van der Waals surface area contributed by atoms with E-state index in [9.17, 15) is 0 Å². The lowest BCUT2D eigenvalue weighted by molar-refractivity contribution is 0.127. The number of halogens is 2. The molecule has 0 radical (unpaired) electrons. The highest BCUT2D eigenvalue weighted by Crippen LogP contribution is 2.23. The standard InChI is InChI=1S/C14H20BrClN2/c1-2-5-17-6-8-18(9-7-17)11-12-3-4-13(15)10-14(12)16/h3-4,10H,2,5-9,11H2,1H3. The van der Waals surface area contributed by atoms with E-state index in [1.54, 1.807) is 0 Å². The molecule has 0 aromatic heterocycles. The van der Waals surface area contributed by atoms with Crippen molar-refractivity contribution in [2.75, 3.05) is 32.7 Å². The molecule has 100 valence electrons. The predicted molar refractivity (Wildman–Crippen MR) is 81.2 cm³/mol. The lowest BCUT2D eigenvalue weighted by Gasteiger charge is -2.34. The minimum Gasteiger partial charge on any atom is -0.301 e. The van der Waals surface area contributed by atoms with Gasteiger partial charge in [-0.05, 0) is 30.7 Å². The van der Waals surface area contributed by atoms with Gasteiger partial charge in [-0.15, -0.1) is 0 Å². The van der Waals surface area contributed by atoms with Crippen LogP contribution in [0.1, 0.15) is 18.9 Å². The normalized spacial score (nSPS) is 18.2. The van der Waals surface area contributed by atoms with Crippen LogP contribution in [0.2, 0.25) is 5.02 Å². The number of hydrogen-bond acceptors (Lipinski definition) is 2. The maximum absolute atomic E-state index is 6.26. The highest BCUT2D eigenvalue weighted by atomic mass is 79.9. The monoisotopic (exact) mass is 330 g/mol. The second-order valence-electron chi connectivity index (χ2n) is 4.85. The molecular formula is C14H20BrClN2. The van der Waals surface area contributed by atoms with E-state index in [1.165, 1.54) is 31.6 Å². The summed E-state index contributed by atoms with van der Waals surface area (Å²) in [5.41, 5.74) is 1.23. The van der Waals surface area contributed by atoms with Crippen LogP contribution in [0.15, 0.2) is 22.7 Å². The van der Waals surface area contributed by atoms with E-state index in [-0.39, 0.29) is 0 Å². The molecule has 0 saturated carbocycles. The molecule has 1 aromatic rings. The Labute approximate surface area is 123 Å². The van der Waals surface area contributed by atoms with Gasteiger partial charge in [0.05, 0.1) is 0 Å². The zero-order valence-electron chi connectivity index (χ0n) is 10.8. The van der Waals surface area contributed by atoms with Crippen molar-refractivity contribution >= 4 is 27.5 Å². The molecule has 1 saturated heterocycles. The van der Waals surface area contributed by atoms with Crippen LogP contribution < -0.4 is 0 Å². The first-order chi connectivity index (χ1) is 8.69. The van der Waals surface area contributed by atoms with Crippen molar-refractivity contribution in [2.24, 2.45) is 0 Å². The van der Waals surface area contributed by atoms with Crippen LogP contribution in [-0.2, 0) is 6.54 Å². The molecule has 1 aromatic carbocycles. The number of benzene rings is 1. The van der Waals surface area contributed by atoms with Crippen molar-refractivity contribution < 1.29 is 0 Å². The fraction of sp³-hybridized carbons (Fsp3) is 0.571. The van der Waals surface area contributed by atoms with Gasteiger partial charge in [-0.25, -0.2) is 0 Å². The number of piperazine rings is 1. The first kappa shape index (κ1) is 14.3. The molecule has 1 fully saturated rings. The molecule has 1 aliphatic rings. The Balaban J connectivity index is 1.87. The molecule has 0 unspecified atom stereocenters. The van der Waals surface area contributed by atoms with E-state index in [2.05, 4.69) is 44.8 Å². The molecule has 1 heterocycles. The zero-order chi connectivity index (χ0) is 13.0. The van der Waals surface area contributed by atoms with Gasteiger partial charge in [0.2, 0.25) is 0 Å². The van der Waals surface area contributed by atoms with Gasteiger partial charge in [-0.3, -0.25) is 4.90 Å². The van der Waals surface area contributed by atoms with Gasteiger partial charge in [0.25, 0.3) is 0 Å². The predicted octanol–water partition coefficient (Wildman–Crippen LogP) is 3.63. The maximum atomic E-state index is 6.26. The number of hydrogen-bond donors (Lipinski definition) is 0. The van der Waals surface area contributed by atoms with Crippen LogP contribution in [0.5, 0.6) is 0 Å². The second-order valence-corrected chi connectivity index (χ2v) is 6.18. The molecule has 2 rings (SSSR count). The Bertz CT molecular complexity index is 389. The van der Waals surface area contributed by atoms with Crippen LogP contribution in [-0.4, -0.2) is 42.5 Å². The van der Waals surface area contributed by atoms with E-state index in [0.29, 0.717) is 0 Å². The number of rotatable bonds is 4. The molecule has 4 heteroatoms. The summed E-state index contributed by atoms with van der Waals surface area (Å²) in [6, 6.07) is 6.16. The topological polar surface area (TPSA) is 6.48 Å². The van der Waals surface area contributed by atoms with Crippen molar-refractivity contribution in [2.45, 2.75) is 19.9 Å². The van der Waals surface area contributed by atoms with Gasteiger partial charge in [0.15, 0.2) is 0 Å². The van der Waals surface area contributed by atoms with Crippen LogP contribution in [0.25, 0.3) is 0 Å². The van der Waals surface area contributed by atoms with Gasteiger partial charge in [-0.1, -0.05) is 40.5 Å². The summed E-state index contributed by atoms with van der Waals surface area (Å²) in [5.74, 6) is 0. The summed E-state index contributed by atoms with van der Waals surface area (Å²) in [6.07, 6.45) is 1.25. The van der Waals surface area contributed by atoms with Crippen molar-refractivity contribution in [3.8, 4) is 0 Å². The van der Waals surface area contributed by atoms with Crippen LogP contribution in [0, 0.1) is 0 Å². The lowest BCUT2D eigenvalue weighted by atomic mass is 10.2. The maximum Gasteiger partial charge on any atom is 0.0462 e. The summed E-state index contributed by atoms with van der Waals surface area (Å²) < 4.78 is 1.05. The Morgan fingerprint density at radius 1 is 1.17 bits per heavy atom. The summed E-state index contributed by atoms with van der Waals surface area (Å²) in [7, 11) is 0. The zero-order valence-corrected chi connectivity index (χ0v) is 13.2. The molecule has 0 bridgehead atoms. The van der Waals surface area contributed by atoms with Crippen molar-refractivity contribution in [3.05, 3.63) is 33.3 Å². The Morgan fingerprint density at radius 3 is 2.44 bits per heavy atom. The molecule has 0 N–H and O–H groups in total. The Morgan fingerprint density at radius 2 is 1.83 bits per heavy atom. The van der Waals surface area contributed by atoms with E-state index in [4.69, 9.17) is 11.6 Å². The van der Waals surface area contributed by atoms with Crippen molar-refractivity contribution in [1.82, 2.24) is 9.80 Å². The largest absolute Gasteiger partial charge is 0.301 e. The highest BCUT2D eigenvalue weighted by molar-refractivity contribution is 9.10. The third kappa shape index (κ3) is 3.95.